The molecular formula is C26H22N4O9S. The molecule has 40 heavy (non-hydrogen) atoms. The lowest BCUT2D eigenvalue weighted by atomic mass is 9.83. The molecule has 1 unspecified atom stereocenters. The van der Waals surface area contributed by atoms with Gasteiger partial charge in [-0.3, -0.25) is 29.6 Å². The maximum atomic E-state index is 13.6. The van der Waals surface area contributed by atoms with Gasteiger partial charge in [-0.05, 0) is 31.1 Å². The third-order valence-electron chi connectivity index (χ3n) is 5.93. The SMILES string of the molecule is CCOC(=O)C1=C(N)n2c(s/c(=C\c3cccc([N+](=O)[O-])c3)c2=O)=C(C(=O)OCC)C1c1cccc([N+](=O)[O-])c1. The minimum absolute atomic E-state index is 0.0415. The zero-order chi connectivity index (χ0) is 29.1. The van der Waals surface area contributed by atoms with Crippen molar-refractivity contribution >= 4 is 52.1 Å². The first-order valence-corrected chi connectivity index (χ1v) is 12.7. The Hall–Kier alpha value is -5.11. The zero-order valence-electron chi connectivity index (χ0n) is 21.2. The number of ether oxygens (including phenoxy) is 2. The second-order valence-electron chi connectivity index (χ2n) is 8.35. The van der Waals surface area contributed by atoms with Gasteiger partial charge < -0.3 is 15.2 Å². The van der Waals surface area contributed by atoms with E-state index in [4.69, 9.17) is 15.2 Å². The van der Waals surface area contributed by atoms with Gasteiger partial charge in [0, 0.05) is 24.3 Å². The number of hydrogen-bond acceptors (Lipinski definition) is 11. The van der Waals surface area contributed by atoms with E-state index in [-0.39, 0.29) is 56.3 Å². The average Bonchev–Trinajstić information content (AvgIpc) is 3.24. The Kier molecular flexibility index (Phi) is 7.90. The Morgan fingerprint density at radius 1 is 0.975 bits per heavy atom. The molecule has 0 fully saturated rings. The zero-order valence-corrected chi connectivity index (χ0v) is 22.0. The van der Waals surface area contributed by atoms with Crippen molar-refractivity contribution in [1.29, 1.82) is 0 Å². The number of hydrogen-bond donors (Lipinski definition) is 1. The Bertz CT molecular complexity index is 1770. The van der Waals surface area contributed by atoms with Crippen molar-refractivity contribution in [3.05, 3.63) is 105 Å². The third kappa shape index (κ3) is 5.11. The van der Waals surface area contributed by atoms with E-state index in [0.29, 0.717) is 5.56 Å². The molecule has 0 spiro atoms. The molecule has 4 rings (SSSR count). The number of carbonyl (C=O) groups excluding carboxylic acids is 2. The van der Waals surface area contributed by atoms with Crippen LogP contribution in [0.3, 0.4) is 0 Å². The summed E-state index contributed by atoms with van der Waals surface area (Å²) in [5.74, 6) is -3.38. The Morgan fingerprint density at radius 2 is 1.55 bits per heavy atom. The summed E-state index contributed by atoms with van der Waals surface area (Å²) in [5, 5.41) is 22.7. The molecule has 0 saturated heterocycles. The van der Waals surface area contributed by atoms with Crippen LogP contribution in [-0.4, -0.2) is 39.6 Å². The van der Waals surface area contributed by atoms with Gasteiger partial charge in [-0.15, -0.1) is 11.3 Å². The highest BCUT2D eigenvalue weighted by molar-refractivity contribution is 7.07. The molecule has 13 nitrogen and oxygen atoms in total. The number of non-ortho nitro benzene ring substituents is 2. The van der Waals surface area contributed by atoms with Crippen molar-refractivity contribution in [1.82, 2.24) is 4.57 Å². The number of thiazole rings is 1. The van der Waals surface area contributed by atoms with Crippen LogP contribution in [0.25, 0.3) is 17.5 Å². The lowest BCUT2D eigenvalue weighted by molar-refractivity contribution is -0.385. The highest BCUT2D eigenvalue weighted by Gasteiger charge is 2.40. The Labute approximate surface area is 229 Å². The lowest BCUT2D eigenvalue weighted by Crippen LogP contribution is -2.42. The number of benzene rings is 2. The van der Waals surface area contributed by atoms with Gasteiger partial charge >= 0.3 is 11.9 Å². The second kappa shape index (κ2) is 11.3. The largest absolute Gasteiger partial charge is 0.463 e. The minimum atomic E-state index is -1.26. The molecule has 14 heteroatoms. The van der Waals surface area contributed by atoms with Gasteiger partial charge in [0.1, 0.15) is 10.5 Å². The van der Waals surface area contributed by atoms with Crippen LogP contribution in [0.15, 0.2) is 58.9 Å². The molecule has 0 aliphatic carbocycles. The molecule has 1 atom stereocenters. The maximum Gasteiger partial charge on any atom is 0.338 e. The van der Waals surface area contributed by atoms with Crippen LogP contribution in [-0.2, 0) is 19.1 Å². The molecule has 1 aliphatic rings. The fourth-order valence-corrected chi connectivity index (χ4v) is 5.46. The van der Waals surface area contributed by atoms with Crippen molar-refractivity contribution in [3.63, 3.8) is 0 Å². The fourth-order valence-electron chi connectivity index (χ4n) is 4.29. The number of nitrogens with zero attached hydrogens (tertiary/aromatic N) is 3. The van der Waals surface area contributed by atoms with Gasteiger partial charge in [-0.1, -0.05) is 24.3 Å². The van der Waals surface area contributed by atoms with Crippen LogP contribution in [0.2, 0.25) is 0 Å². The monoisotopic (exact) mass is 566 g/mol. The van der Waals surface area contributed by atoms with Gasteiger partial charge in [-0.2, -0.15) is 0 Å². The molecule has 2 aromatic carbocycles. The number of nitrogens with two attached hydrogens (primary N) is 1. The number of fused-ring (bicyclic) bond motifs is 1. The van der Waals surface area contributed by atoms with Crippen molar-refractivity contribution in [3.8, 4) is 0 Å². The summed E-state index contributed by atoms with van der Waals surface area (Å²) in [5.41, 5.74) is 5.34. The van der Waals surface area contributed by atoms with Crippen molar-refractivity contribution < 1.29 is 28.9 Å². The normalized spacial score (nSPS) is 15.0. The number of nitro benzene ring substituents is 2. The van der Waals surface area contributed by atoms with Crippen LogP contribution >= 0.6 is 11.3 Å². The first-order chi connectivity index (χ1) is 19.1. The first-order valence-electron chi connectivity index (χ1n) is 11.9. The third-order valence-corrected chi connectivity index (χ3v) is 7.04. The van der Waals surface area contributed by atoms with Gasteiger partial charge in [0.05, 0.1) is 44.7 Å². The molecule has 0 saturated carbocycles. The molecule has 2 heterocycles. The lowest BCUT2D eigenvalue weighted by Gasteiger charge is -2.26. The standard InChI is InChI=1S/C26H22N4O9S/c1-3-38-25(32)20-19(15-8-6-10-17(13-15)30(36)37)21(26(33)39-4-2)24-28(22(20)27)23(31)18(40-24)12-14-7-5-9-16(11-14)29(34)35/h5-13,19H,3-4,27H2,1-2H3/b18-12-. The van der Waals surface area contributed by atoms with Crippen LogP contribution < -0.4 is 20.5 Å². The van der Waals surface area contributed by atoms with E-state index < -0.39 is 33.3 Å². The van der Waals surface area contributed by atoms with E-state index in [0.717, 1.165) is 15.9 Å². The molecule has 2 N–H and O–H groups in total. The van der Waals surface area contributed by atoms with Crippen LogP contribution in [0.4, 0.5) is 11.4 Å². The fraction of sp³-hybridized carbons (Fsp3) is 0.192. The summed E-state index contributed by atoms with van der Waals surface area (Å²) in [6.45, 7) is 3.04. The maximum absolute atomic E-state index is 13.6. The predicted octanol–water partition coefficient (Wildman–Crippen LogP) is 1.76. The van der Waals surface area contributed by atoms with E-state index in [9.17, 15) is 34.6 Å². The van der Waals surface area contributed by atoms with E-state index in [1.54, 1.807) is 19.9 Å². The summed E-state index contributed by atoms with van der Waals surface area (Å²) in [7, 11) is 0. The summed E-state index contributed by atoms with van der Waals surface area (Å²) in [6, 6.07) is 10.9. The highest BCUT2D eigenvalue weighted by Crippen LogP contribution is 2.38. The molecule has 3 aromatic rings. The number of nitro groups is 2. The topological polar surface area (TPSA) is 187 Å². The van der Waals surface area contributed by atoms with Crippen LogP contribution in [0.5, 0.6) is 0 Å². The summed E-state index contributed by atoms with van der Waals surface area (Å²) in [4.78, 5) is 61.7. The van der Waals surface area contributed by atoms with Gasteiger partial charge in [0.15, 0.2) is 0 Å². The van der Waals surface area contributed by atoms with Crippen LogP contribution in [0.1, 0.15) is 30.9 Å². The van der Waals surface area contributed by atoms with Crippen molar-refractivity contribution in [2.75, 3.05) is 13.2 Å². The second-order valence-corrected chi connectivity index (χ2v) is 9.38. The Morgan fingerprint density at radius 3 is 2.15 bits per heavy atom. The highest BCUT2D eigenvalue weighted by atomic mass is 32.1. The quantitative estimate of drug-likeness (QED) is 0.239. The smallest absolute Gasteiger partial charge is 0.338 e. The van der Waals surface area contributed by atoms with Gasteiger partial charge in [0.25, 0.3) is 16.9 Å². The van der Waals surface area contributed by atoms with Crippen LogP contribution in [0, 0.1) is 20.2 Å². The molecule has 0 amide bonds. The summed E-state index contributed by atoms with van der Waals surface area (Å²) < 4.78 is 11.6. The molecule has 0 bridgehead atoms. The van der Waals surface area contributed by atoms with E-state index in [1.807, 2.05) is 0 Å². The molecule has 1 aromatic heterocycles. The van der Waals surface area contributed by atoms with Gasteiger partial charge in [-0.25, -0.2) is 9.59 Å². The number of carbonyl (C=O) groups is 2. The van der Waals surface area contributed by atoms with E-state index in [1.165, 1.54) is 48.5 Å². The molecule has 206 valence electrons. The Balaban J connectivity index is 2.12. The summed E-state index contributed by atoms with van der Waals surface area (Å²) in [6.07, 6.45) is 1.40. The van der Waals surface area contributed by atoms with E-state index >= 15 is 0 Å². The number of esters is 2. The van der Waals surface area contributed by atoms with Crippen molar-refractivity contribution in [2.45, 2.75) is 19.8 Å². The molecule has 1 aliphatic heterocycles. The van der Waals surface area contributed by atoms with Crippen molar-refractivity contribution in [2.24, 2.45) is 5.73 Å². The average molecular weight is 567 g/mol. The number of aromatic nitrogens is 1. The number of rotatable bonds is 8. The molecule has 0 radical (unpaired) electrons. The van der Waals surface area contributed by atoms with Gasteiger partial charge in [0.2, 0.25) is 0 Å². The van der Waals surface area contributed by atoms with E-state index in [2.05, 4.69) is 0 Å². The summed E-state index contributed by atoms with van der Waals surface area (Å²) >= 11 is 0.860. The minimum Gasteiger partial charge on any atom is -0.463 e. The molecular weight excluding hydrogens is 544 g/mol. The predicted molar refractivity (Wildman–Crippen MR) is 144 cm³/mol. The first kappa shape index (κ1) is 27.9.